The minimum Gasteiger partial charge on any atom is -0.380 e. The van der Waals surface area contributed by atoms with Crippen LogP contribution in [0.1, 0.15) is 23.1 Å². The van der Waals surface area contributed by atoms with Crippen LogP contribution in [0.2, 0.25) is 0 Å². The van der Waals surface area contributed by atoms with Gasteiger partial charge in [-0.1, -0.05) is 18.2 Å². The minimum absolute atomic E-state index is 0.650. The van der Waals surface area contributed by atoms with Gasteiger partial charge < -0.3 is 4.74 Å². The van der Waals surface area contributed by atoms with Crippen molar-refractivity contribution in [2.45, 2.75) is 19.4 Å². The second kappa shape index (κ2) is 4.41. The number of aryl methyl sites for hydroxylation is 1. The Bertz CT molecular complexity index is 405. The number of fused-ring (bicyclic) bond motifs is 1. The molecular formula is C13H14O2. The Hall–Kier alpha value is -1.41. The number of methoxy groups -OCH3 is 1. The van der Waals surface area contributed by atoms with Crippen LogP contribution in [0.4, 0.5) is 0 Å². The van der Waals surface area contributed by atoms with Gasteiger partial charge in [-0.3, -0.25) is 4.79 Å². The van der Waals surface area contributed by atoms with Gasteiger partial charge in [0.15, 0.2) is 0 Å². The van der Waals surface area contributed by atoms with E-state index in [1.165, 1.54) is 16.7 Å². The fraction of sp³-hybridized carbons (Fsp3) is 0.308. The van der Waals surface area contributed by atoms with Crippen molar-refractivity contribution in [2.24, 2.45) is 0 Å². The van der Waals surface area contributed by atoms with Crippen molar-refractivity contribution in [2.75, 3.05) is 7.11 Å². The molecule has 78 valence electrons. The van der Waals surface area contributed by atoms with Gasteiger partial charge in [0.25, 0.3) is 0 Å². The standard InChI is InChI=1S/C13H14O2/c1-15-9-11-3-5-12-6-10(8-14)2-4-13(12)7-11/h3,5-8H,2,4,9H2,1H3. The second-order valence-electron chi connectivity index (χ2n) is 3.80. The molecule has 0 aromatic heterocycles. The molecule has 1 aliphatic rings. The Balaban J connectivity index is 2.32. The third-order valence-electron chi connectivity index (χ3n) is 2.69. The van der Waals surface area contributed by atoms with Gasteiger partial charge in [0.2, 0.25) is 0 Å². The van der Waals surface area contributed by atoms with Crippen molar-refractivity contribution in [1.82, 2.24) is 0 Å². The molecule has 1 aliphatic carbocycles. The molecule has 0 spiro atoms. The van der Waals surface area contributed by atoms with Crippen LogP contribution in [0.25, 0.3) is 6.08 Å². The highest BCUT2D eigenvalue weighted by atomic mass is 16.5. The van der Waals surface area contributed by atoms with E-state index in [-0.39, 0.29) is 0 Å². The number of carbonyl (C=O) groups excluding carboxylic acids is 1. The van der Waals surface area contributed by atoms with Crippen LogP contribution in [0.15, 0.2) is 23.8 Å². The van der Waals surface area contributed by atoms with Crippen molar-refractivity contribution in [3.8, 4) is 0 Å². The number of hydrogen-bond donors (Lipinski definition) is 0. The van der Waals surface area contributed by atoms with Crippen LogP contribution in [0.5, 0.6) is 0 Å². The van der Waals surface area contributed by atoms with Gasteiger partial charge in [-0.05, 0) is 41.2 Å². The summed E-state index contributed by atoms with van der Waals surface area (Å²) in [5.41, 5.74) is 4.57. The maximum atomic E-state index is 10.7. The van der Waals surface area contributed by atoms with Crippen molar-refractivity contribution in [1.29, 1.82) is 0 Å². The zero-order valence-corrected chi connectivity index (χ0v) is 8.82. The lowest BCUT2D eigenvalue weighted by Gasteiger charge is -2.14. The normalized spacial score (nSPS) is 14.3. The van der Waals surface area contributed by atoms with Crippen LogP contribution >= 0.6 is 0 Å². The first kappa shape index (κ1) is 10.1. The summed E-state index contributed by atoms with van der Waals surface area (Å²) < 4.78 is 5.09. The summed E-state index contributed by atoms with van der Waals surface area (Å²) in [6.45, 7) is 0.650. The number of hydrogen-bond acceptors (Lipinski definition) is 2. The maximum Gasteiger partial charge on any atom is 0.146 e. The minimum atomic E-state index is 0.650. The molecule has 0 fully saturated rings. The number of ether oxygens (including phenoxy) is 1. The Kier molecular flexibility index (Phi) is 2.97. The van der Waals surface area contributed by atoms with Gasteiger partial charge in [0.1, 0.15) is 6.29 Å². The summed E-state index contributed by atoms with van der Waals surface area (Å²) in [6.07, 6.45) is 4.73. The van der Waals surface area contributed by atoms with Gasteiger partial charge >= 0.3 is 0 Å². The van der Waals surface area contributed by atoms with Gasteiger partial charge in [0, 0.05) is 7.11 Å². The molecule has 0 aliphatic heterocycles. The summed E-state index contributed by atoms with van der Waals surface area (Å²) in [7, 11) is 1.70. The smallest absolute Gasteiger partial charge is 0.146 e. The summed E-state index contributed by atoms with van der Waals surface area (Å²) in [5.74, 6) is 0. The number of allylic oxidation sites excluding steroid dienone is 1. The van der Waals surface area contributed by atoms with E-state index in [1.54, 1.807) is 7.11 Å². The molecule has 0 unspecified atom stereocenters. The van der Waals surface area contributed by atoms with E-state index in [9.17, 15) is 4.79 Å². The lowest BCUT2D eigenvalue weighted by molar-refractivity contribution is -0.105. The van der Waals surface area contributed by atoms with E-state index in [2.05, 4.69) is 12.1 Å². The molecule has 0 heterocycles. The molecule has 1 aromatic carbocycles. The monoisotopic (exact) mass is 202 g/mol. The largest absolute Gasteiger partial charge is 0.380 e. The number of aldehydes is 1. The first-order valence-corrected chi connectivity index (χ1v) is 5.10. The molecule has 1 aromatic rings. The lowest BCUT2D eigenvalue weighted by atomic mass is 9.91. The van der Waals surface area contributed by atoms with Crippen molar-refractivity contribution >= 4 is 12.4 Å². The zero-order chi connectivity index (χ0) is 10.7. The van der Waals surface area contributed by atoms with Crippen LogP contribution < -0.4 is 0 Å². The van der Waals surface area contributed by atoms with Crippen LogP contribution in [0.3, 0.4) is 0 Å². The van der Waals surface area contributed by atoms with Gasteiger partial charge in [-0.25, -0.2) is 0 Å². The molecule has 2 nitrogen and oxygen atoms in total. The van der Waals surface area contributed by atoms with Gasteiger partial charge in [-0.15, -0.1) is 0 Å². The fourth-order valence-electron chi connectivity index (χ4n) is 1.92. The van der Waals surface area contributed by atoms with E-state index >= 15 is 0 Å². The number of rotatable bonds is 3. The Morgan fingerprint density at radius 2 is 2.27 bits per heavy atom. The Labute approximate surface area is 89.6 Å². The van der Waals surface area contributed by atoms with E-state index in [0.717, 1.165) is 24.7 Å². The highest BCUT2D eigenvalue weighted by molar-refractivity contribution is 5.83. The molecule has 0 saturated carbocycles. The van der Waals surface area contributed by atoms with Crippen LogP contribution in [-0.2, 0) is 22.6 Å². The SMILES string of the molecule is COCc1ccc2c(c1)CCC(C=O)=C2. The average molecular weight is 202 g/mol. The Morgan fingerprint density at radius 1 is 1.40 bits per heavy atom. The van der Waals surface area contributed by atoms with Gasteiger partial charge in [-0.2, -0.15) is 0 Å². The lowest BCUT2D eigenvalue weighted by Crippen LogP contribution is -2.01. The fourth-order valence-corrected chi connectivity index (χ4v) is 1.92. The number of benzene rings is 1. The van der Waals surface area contributed by atoms with Crippen LogP contribution in [-0.4, -0.2) is 13.4 Å². The molecule has 0 bridgehead atoms. The predicted molar refractivity (Wildman–Crippen MR) is 59.5 cm³/mol. The molecular weight excluding hydrogens is 188 g/mol. The topological polar surface area (TPSA) is 26.3 Å². The first-order valence-electron chi connectivity index (χ1n) is 5.10. The quantitative estimate of drug-likeness (QED) is 0.703. The maximum absolute atomic E-state index is 10.7. The van der Waals surface area contributed by atoms with Gasteiger partial charge in [0.05, 0.1) is 6.61 Å². The summed E-state index contributed by atoms with van der Waals surface area (Å²) in [4.78, 5) is 10.7. The molecule has 0 radical (unpaired) electrons. The van der Waals surface area contributed by atoms with E-state index in [0.29, 0.717) is 6.61 Å². The van der Waals surface area contributed by atoms with Crippen molar-refractivity contribution in [3.05, 3.63) is 40.5 Å². The average Bonchev–Trinajstić information content (AvgIpc) is 2.29. The van der Waals surface area contributed by atoms with Crippen molar-refractivity contribution < 1.29 is 9.53 Å². The summed E-state index contributed by atoms with van der Waals surface area (Å²) in [6, 6.07) is 6.27. The third-order valence-corrected chi connectivity index (χ3v) is 2.69. The predicted octanol–water partition coefficient (Wildman–Crippen LogP) is 2.36. The molecule has 2 rings (SSSR count). The number of carbonyl (C=O) groups is 1. The second-order valence-corrected chi connectivity index (χ2v) is 3.80. The molecule has 0 saturated heterocycles. The highest BCUT2D eigenvalue weighted by Crippen LogP contribution is 2.24. The summed E-state index contributed by atoms with van der Waals surface area (Å²) >= 11 is 0. The molecule has 15 heavy (non-hydrogen) atoms. The summed E-state index contributed by atoms with van der Waals surface area (Å²) in [5, 5.41) is 0. The third kappa shape index (κ3) is 2.16. The molecule has 0 atom stereocenters. The van der Waals surface area contributed by atoms with E-state index in [1.807, 2.05) is 12.1 Å². The molecule has 0 amide bonds. The highest BCUT2D eigenvalue weighted by Gasteiger charge is 2.10. The first-order chi connectivity index (χ1) is 7.33. The van der Waals surface area contributed by atoms with E-state index in [4.69, 9.17) is 4.74 Å². The molecule has 0 N–H and O–H groups in total. The zero-order valence-electron chi connectivity index (χ0n) is 8.82. The molecule has 2 heteroatoms. The van der Waals surface area contributed by atoms with E-state index < -0.39 is 0 Å². The Morgan fingerprint density at radius 3 is 3.00 bits per heavy atom. The van der Waals surface area contributed by atoms with Crippen molar-refractivity contribution in [3.63, 3.8) is 0 Å². The van der Waals surface area contributed by atoms with Crippen LogP contribution in [0, 0.1) is 0 Å².